The maximum atomic E-state index is 12.1. The Morgan fingerprint density at radius 2 is 2.00 bits per heavy atom. The Morgan fingerprint density at radius 1 is 1.21 bits per heavy atom. The van der Waals surface area contributed by atoms with E-state index in [4.69, 9.17) is 11.6 Å². The first-order valence-corrected chi connectivity index (χ1v) is 6.02. The van der Waals surface area contributed by atoms with E-state index >= 15 is 0 Å². The summed E-state index contributed by atoms with van der Waals surface area (Å²) in [5, 5.41) is 3.84. The van der Waals surface area contributed by atoms with Crippen molar-refractivity contribution in [2.24, 2.45) is 7.05 Å². The van der Waals surface area contributed by atoms with Crippen LogP contribution in [-0.2, 0) is 7.05 Å². The zero-order valence-corrected chi connectivity index (χ0v) is 10.8. The van der Waals surface area contributed by atoms with Crippen molar-refractivity contribution in [2.75, 3.05) is 0 Å². The number of benzene rings is 1. The quantitative estimate of drug-likeness (QED) is 0.712. The highest BCUT2D eigenvalue weighted by atomic mass is 35.5. The molecule has 0 amide bonds. The summed E-state index contributed by atoms with van der Waals surface area (Å²) in [6.45, 7) is 0. The number of aromatic amines is 2. The minimum Gasteiger partial charge on any atom is -0.321 e. The second-order valence-electron chi connectivity index (χ2n) is 4.28. The molecule has 1 aromatic carbocycles. The van der Waals surface area contributed by atoms with Gasteiger partial charge in [0, 0.05) is 23.7 Å². The lowest BCUT2D eigenvalue weighted by molar-refractivity contribution is 0.751. The molecule has 3 aromatic rings. The summed E-state index contributed by atoms with van der Waals surface area (Å²) in [6.07, 6.45) is 0. The normalized spacial score (nSPS) is 11.1. The van der Waals surface area contributed by atoms with Crippen LogP contribution in [0.25, 0.3) is 22.2 Å². The van der Waals surface area contributed by atoms with E-state index in [1.165, 1.54) is 10.7 Å². The molecule has 0 aliphatic rings. The number of pyridine rings is 1. The highest BCUT2D eigenvalue weighted by molar-refractivity contribution is 6.30. The number of H-pyrrole nitrogens is 2. The van der Waals surface area contributed by atoms with Gasteiger partial charge in [0.1, 0.15) is 0 Å². The molecular formula is C13H10ClN3O2. The zero-order valence-electron chi connectivity index (χ0n) is 10.0. The second kappa shape index (κ2) is 4.13. The van der Waals surface area contributed by atoms with Gasteiger partial charge in [-0.05, 0) is 12.1 Å². The number of hydrogen-bond donors (Lipinski definition) is 2. The average Bonchev–Trinajstić information content (AvgIpc) is 2.64. The van der Waals surface area contributed by atoms with Crippen LogP contribution in [0.3, 0.4) is 0 Å². The number of nitrogens with one attached hydrogen (secondary N) is 2. The lowest BCUT2D eigenvalue weighted by Gasteiger charge is -2.02. The third-order valence-electron chi connectivity index (χ3n) is 2.96. The molecule has 0 aliphatic carbocycles. The Bertz CT molecular complexity index is 889. The molecule has 0 atom stereocenters. The predicted molar refractivity (Wildman–Crippen MR) is 74.6 cm³/mol. The van der Waals surface area contributed by atoms with Crippen LogP contribution in [0.2, 0.25) is 5.02 Å². The van der Waals surface area contributed by atoms with Crippen molar-refractivity contribution in [1.29, 1.82) is 0 Å². The van der Waals surface area contributed by atoms with Crippen molar-refractivity contribution < 1.29 is 0 Å². The third kappa shape index (κ3) is 1.88. The van der Waals surface area contributed by atoms with Gasteiger partial charge in [-0.15, -0.1) is 0 Å². The number of rotatable bonds is 1. The fourth-order valence-corrected chi connectivity index (χ4v) is 2.32. The minimum absolute atomic E-state index is 0.193. The molecule has 2 N–H and O–H groups in total. The summed E-state index contributed by atoms with van der Waals surface area (Å²) in [4.78, 5) is 26.5. The molecule has 0 radical (unpaired) electrons. The van der Waals surface area contributed by atoms with Gasteiger partial charge >= 0.3 is 0 Å². The van der Waals surface area contributed by atoms with Crippen LogP contribution < -0.4 is 11.1 Å². The lowest BCUT2D eigenvalue weighted by atomic mass is 10.1. The number of hydrogen-bond acceptors (Lipinski definition) is 2. The van der Waals surface area contributed by atoms with E-state index in [2.05, 4.69) is 10.1 Å². The van der Waals surface area contributed by atoms with Crippen LogP contribution in [0.5, 0.6) is 0 Å². The average molecular weight is 276 g/mol. The minimum atomic E-state index is -0.274. The molecule has 0 bridgehead atoms. The summed E-state index contributed by atoms with van der Waals surface area (Å²) in [5.41, 5.74) is 1.22. The summed E-state index contributed by atoms with van der Waals surface area (Å²) in [7, 11) is 1.61. The molecule has 0 fully saturated rings. The largest absolute Gasteiger partial charge is 0.321 e. The number of aromatic nitrogens is 3. The van der Waals surface area contributed by atoms with Gasteiger partial charge in [-0.2, -0.15) is 0 Å². The maximum absolute atomic E-state index is 12.1. The molecular weight excluding hydrogens is 266 g/mol. The molecule has 5 nitrogen and oxygen atoms in total. The number of fused-ring (bicyclic) bond motifs is 1. The number of halogens is 1. The van der Waals surface area contributed by atoms with Crippen molar-refractivity contribution in [3.63, 3.8) is 0 Å². The number of nitrogens with zero attached hydrogens (tertiary/aromatic N) is 1. The van der Waals surface area contributed by atoms with E-state index in [-0.39, 0.29) is 11.1 Å². The predicted octanol–water partition coefficient (Wildman–Crippen LogP) is 1.88. The third-order valence-corrected chi connectivity index (χ3v) is 3.20. The van der Waals surface area contributed by atoms with Crippen molar-refractivity contribution >= 4 is 22.5 Å². The smallest absolute Gasteiger partial charge is 0.276 e. The Balaban J connectivity index is 2.47. The van der Waals surface area contributed by atoms with E-state index in [1.54, 1.807) is 31.3 Å². The van der Waals surface area contributed by atoms with Crippen molar-refractivity contribution in [2.45, 2.75) is 0 Å². The van der Waals surface area contributed by atoms with Gasteiger partial charge in [0.05, 0.1) is 16.6 Å². The van der Waals surface area contributed by atoms with E-state index in [0.717, 1.165) is 0 Å². The molecule has 0 aliphatic heterocycles. The molecule has 2 aromatic heterocycles. The number of aryl methyl sites for hydroxylation is 1. The maximum Gasteiger partial charge on any atom is 0.276 e. The molecule has 19 heavy (non-hydrogen) atoms. The van der Waals surface area contributed by atoms with Gasteiger partial charge in [-0.3, -0.25) is 19.4 Å². The second-order valence-corrected chi connectivity index (χ2v) is 4.72. The Kier molecular flexibility index (Phi) is 2.57. The van der Waals surface area contributed by atoms with Gasteiger partial charge in [-0.1, -0.05) is 23.7 Å². The van der Waals surface area contributed by atoms with Crippen LogP contribution >= 0.6 is 11.6 Å². The SMILES string of the molecule is Cn1[nH]c2cc(=O)[nH]c(-c3cccc(Cl)c3)c2c1=O. The van der Waals surface area contributed by atoms with E-state index in [0.29, 0.717) is 27.2 Å². The first-order chi connectivity index (χ1) is 9.06. The molecule has 0 saturated heterocycles. The fourth-order valence-electron chi connectivity index (χ4n) is 2.13. The van der Waals surface area contributed by atoms with Crippen LogP contribution in [0, 0.1) is 0 Å². The van der Waals surface area contributed by atoms with Crippen molar-refractivity contribution in [1.82, 2.24) is 14.8 Å². The monoisotopic (exact) mass is 275 g/mol. The van der Waals surface area contributed by atoms with E-state index in [1.807, 2.05) is 0 Å². The molecule has 2 heterocycles. The molecule has 3 rings (SSSR count). The molecule has 0 unspecified atom stereocenters. The van der Waals surface area contributed by atoms with Gasteiger partial charge < -0.3 is 4.98 Å². The van der Waals surface area contributed by atoms with E-state index < -0.39 is 0 Å². The fraction of sp³-hybridized carbons (Fsp3) is 0.0769. The highest BCUT2D eigenvalue weighted by Crippen LogP contribution is 2.24. The van der Waals surface area contributed by atoms with Crippen molar-refractivity contribution in [3.8, 4) is 11.3 Å². The molecule has 6 heteroatoms. The Morgan fingerprint density at radius 3 is 2.74 bits per heavy atom. The van der Waals surface area contributed by atoms with Crippen molar-refractivity contribution in [3.05, 3.63) is 56.1 Å². The van der Waals surface area contributed by atoms with Crippen LogP contribution in [0.4, 0.5) is 0 Å². The Hall–Kier alpha value is -2.27. The summed E-state index contributed by atoms with van der Waals surface area (Å²) >= 11 is 5.95. The topological polar surface area (TPSA) is 70.7 Å². The van der Waals surface area contributed by atoms with Crippen LogP contribution in [-0.4, -0.2) is 14.8 Å². The van der Waals surface area contributed by atoms with Gasteiger partial charge in [0.15, 0.2) is 0 Å². The van der Waals surface area contributed by atoms with Gasteiger partial charge in [-0.25, -0.2) is 0 Å². The lowest BCUT2D eigenvalue weighted by Crippen LogP contribution is -2.13. The van der Waals surface area contributed by atoms with Crippen LogP contribution in [0.1, 0.15) is 0 Å². The highest BCUT2D eigenvalue weighted by Gasteiger charge is 2.13. The standard InChI is InChI=1S/C13H10ClN3O2/c1-17-13(19)11-9(16-17)6-10(18)15-12(11)7-3-2-4-8(14)5-7/h2-6,16H,1H3,(H,15,18). The summed E-state index contributed by atoms with van der Waals surface area (Å²) < 4.78 is 1.34. The summed E-state index contributed by atoms with van der Waals surface area (Å²) in [5.74, 6) is 0. The van der Waals surface area contributed by atoms with E-state index in [9.17, 15) is 9.59 Å². The summed E-state index contributed by atoms with van der Waals surface area (Å²) in [6, 6.07) is 8.37. The van der Waals surface area contributed by atoms with Gasteiger partial charge in [0.25, 0.3) is 11.1 Å². The van der Waals surface area contributed by atoms with Gasteiger partial charge in [0.2, 0.25) is 0 Å². The molecule has 0 saturated carbocycles. The van der Waals surface area contributed by atoms with Crippen LogP contribution in [0.15, 0.2) is 39.9 Å². The zero-order chi connectivity index (χ0) is 13.6. The molecule has 96 valence electrons. The molecule has 0 spiro atoms. The Labute approximate surface area is 112 Å². The first-order valence-electron chi connectivity index (χ1n) is 5.64. The first kappa shape index (κ1) is 11.8.